The fraction of sp³-hybridized carbons (Fsp3) is 0.727. The molecule has 72 valence electrons. The summed E-state index contributed by atoms with van der Waals surface area (Å²) < 4.78 is 0. The summed E-state index contributed by atoms with van der Waals surface area (Å²) in [6.07, 6.45) is 10.7. The summed E-state index contributed by atoms with van der Waals surface area (Å²) in [7, 11) is 0. The van der Waals surface area contributed by atoms with Crippen LogP contribution in [0.3, 0.4) is 0 Å². The molecule has 0 heterocycles. The molecule has 0 aliphatic rings. The summed E-state index contributed by atoms with van der Waals surface area (Å²) in [5, 5.41) is 0. The number of unbranched alkanes of at least 4 members (excludes halogenated alkanes) is 2. The largest absolute Gasteiger partial charge is 0.269 e. The summed E-state index contributed by atoms with van der Waals surface area (Å²) in [4.78, 5) is 3.90. The topological polar surface area (TPSA) is 12.4 Å². The Morgan fingerprint density at radius 2 is 1.67 bits per heavy atom. The van der Waals surface area contributed by atoms with Crippen molar-refractivity contribution in [2.75, 3.05) is 0 Å². The van der Waals surface area contributed by atoms with Gasteiger partial charge in [-0.2, -0.15) is 0 Å². The molecule has 1 heteroatoms. The molecule has 0 radical (unpaired) electrons. The number of allylic oxidation sites excluding steroid dienone is 1. The van der Waals surface area contributed by atoms with Gasteiger partial charge in [-0.05, 0) is 13.3 Å². The second-order valence-electron chi connectivity index (χ2n) is 2.58. The van der Waals surface area contributed by atoms with Gasteiger partial charge in [0.25, 0.3) is 0 Å². The molecule has 0 fully saturated rings. The molecule has 0 aliphatic carbocycles. The molecule has 0 saturated heterocycles. The average Bonchev–Trinajstić information content (AvgIpc) is 2.08. The van der Waals surface area contributed by atoms with Gasteiger partial charge in [-0.1, -0.05) is 46.1 Å². The van der Waals surface area contributed by atoms with Gasteiger partial charge < -0.3 is 0 Å². The molecular weight excluding hydrogens is 146 g/mol. The molecule has 0 unspecified atom stereocenters. The second kappa shape index (κ2) is 16.8. The first-order valence-corrected chi connectivity index (χ1v) is 4.96. The molecule has 0 amide bonds. The van der Waals surface area contributed by atoms with E-state index in [4.69, 9.17) is 0 Å². The molecule has 0 aromatic rings. The highest BCUT2D eigenvalue weighted by atomic mass is 14.6. The van der Waals surface area contributed by atoms with Crippen LogP contribution in [0.5, 0.6) is 0 Å². The van der Waals surface area contributed by atoms with E-state index in [1.165, 1.54) is 19.3 Å². The molecule has 0 spiro atoms. The van der Waals surface area contributed by atoms with Gasteiger partial charge >= 0.3 is 0 Å². The first-order chi connectivity index (χ1) is 5.83. The van der Waals surface area contributed by atoms with E-state index in [0.29, 0.717) is 0 Å². The molecule has 0 bridgehead atoms. The van der Waals surface area contributed by atoms with E-state index in [-0.39, 0.29) is 0 Å². The Labute approximate surface area is 77.6 Å². The Morgan fingerprint density at radius 3 is 1.92 bits per heavy atom. The minimum atomic E-state index is 1.02. The third kappa shape index (κ3) is 22.7. The molecule has 0 N–H and O–H groups in total. The van der Waals surface area contributed by atoms with Crippen molar-refractivity contribution < 1.29 is 0 Å². The third-order valence-electron chi connectivity index (χ3n) is 1.23. The standard InChI is InChI=1S/C6H11N.C5H12/c1-3-5-7-6-4-2;1-3-5-4-2/h3,5-6H,4H2,1-2H3;3-5H2,1-2H3/b5-3-,7-6?;. The Bertz CT molecular complexity index is 102. The highest BCUT2D eigenvalue weighted by Crippen LogP contribution is 1.88. The third-order valence-corrected chi connectivity index (χ3v) is 1.23. The Balaban J connectivity index is 0. The molecule has 0 aromatic heterocycles. The van der Waals surface area contributed by atoms with E-state index in [9.17, 15) is 0 Å². The molecule has 0 rings (SSSR count). The zero-order valence-corrected chi connectivity index (χ0v) is 9.01. The highest BCUT2D eigenvalue weighted by molar-refractivity contribution is 5.57. The molecular formula is C11H23N. The van der Waals surface area contributed by atoms with Crippen LogP contribution in [0.1, 0.15) is 53.4 Å². The van der Waals surface area contributed by atoms with Crippen LogP contribution in [0.4, 0.5) is 0 Å². The predicted molar refractivity (Wildman–Crippen MR) is 58.8 cm³/mol. The van der Waals surface area contributed by atoms with Crippen LogP contribution < -0.4 is 0 Å². The first-order valence-electron chi connectivity index (χ1n) is 4.96. The summed E-state index contributed by atoms with van der Waals surface area (Å²) in [6.45, 7) is 8.44. The first kappa shape index (κ1) is 14.0. The van der Waals surface area contributed by atoms with Gasteiger partial charge in [0, 0.05) is 12.4 Å². The fourth-order valence-corrected chi connectivity index (χ4v) is 0.606. The van der Waals surface area contributed by atoms with Crippen LogP contribution >= 0.6 is 0 Å². The van der Waals surface area contributed by atoms with E-state index >= 15 is 0 Å². The summed E-state index contributed by atoms with van der Waals surface area (Å²) in [6, 6.07) is 0. The van der Waals surface area contributed by atoms with Gasteiger partial charge in [0.15, 0.2) is 0 Å². The Morgan fingerprint density at radius 1 is 1.08 bits per heavy atom. The number of rotatable bonds is 4. The maximum Gasteiger partial charge on any atom is 0.0221 e. The van der Waals surface area contributed by atoms with Gasteiger partial charge in [0.2, 0.25) is 0 Å². The van der Waals surface area contributed by atoms with Gasteiger partial charge in [-0.15, -0.1) is 0 Å². The lowest BCUT2D eigenvalue weighted by Gasteiger charge is -1.79. The van der Waals surface area contributed by atoms with Gasteiger partial charge in [0.1, 0.15) is 0 Å². The van der Waals surface area contributed by atoms with Crippen LogP contribution in [0.25, 0.3) is 0 Å². The van der Waals surface area contributed by atoms with Gasteiger partial charge in [0.05, 0.1) is 0 Å². The minimum Gasteiger partial charge on any atom is -0.269 e. The zero-order valence-electron chi connectivity index (χ0n) is 9.01. The second-order valence-corrected chi connectivity index (χ2v) is 2.58. The maximum atomic E-state index is 3.90. The molecule has 0 aliphatic heterocycles. The minimum absolute atomic E-state index is 1.02. The van der Waals surface area contributed by atoms with E-state index in [1.54, 1.807) is 6.20 Å². The quantitative estimate of drug-likeness (QED) is 0.559. The van der Waals surface area contributed by atoms with E-state index in [1.807, 2.05) is 19.2 Å². The predicted octanol–water partition coefficient (Wildman–Crippen LogP) is 4.20. The monoisotopic (exact) mass is 169 g/mol. The molecule has 0 aromatic carbocycles. The molecule has 0 atom stereocenters. The van der Waals surface area contributed by atoms with E-state index < -0.39 is 0 Å². The van der Waals surface area contributed by atoms with Crippen LogP contribution in [-0.4, -0.2) is 6.21 Å². The lowest BCUT2D eigenvalue weighted by Crippen LogP contribution is -1.61. The Hall–Kier alpha value is -0.590. The van der Waals surface area contributed by atoms with Crippen molar-refractivity contribution in [3.05, 3.63) is 12.3 Å². The summed E-state index contributed by atoms with van der Waals surface area (Å²) in [5.74, 6) is 0. The molecule has 12 heavy (non-hydrogen) atoms. The smallest absolute Gasteiger partial charge is 0.0221 e. The lowest BCUT2D eigenvalue weighted by atomic mass is 10.3. The van der Waals surface area contributed by atoms with Crippen molar-refractivity contribution in [1.82, 2.24) is 0 Å². The number of nitrogens with zero attached hydrogens (tertiary/aromatic N) is 1. The van der Waals surface area contributed by atoms with Crippen LogP contribution in [0.15, 0.2) is 17.3 Å². The van der Waals surface area contributed by atoms with Crippen LogP contribution in [-0.2, 0) is 0 Å². The van der Waals surface area contributed by atoms with Crippen molar-refractivity contribution in [1.29, 1.82) is 0 Å². The number of hydrogen-bond acceptors (Lipinski definition) is 1. The highest BCUT2D eigenvalue weighted by Gasteiger charge is 1.68. The number of hydrogen-bond donors (Lipinski definition) is 0. The fourth-order valence-electron chi connectivity index (χ4n) is 0.606. The average molecular weight is 169 g/mol. The zero-order chi connectivity index (χ0) is 9.66. The number of aliphatic imine (C=N–C) groups is 1. The normalized spacial score (nSPS) is 10.3. The summed E-state index contributed by atoms with van der Waals surface area (Å²) in [5.41, 5.74) is 0. The van der Waals surface area contributed by atoms with Crippen LogP contribution in [0, 0.1) is 0 Å². The SMILES string of the molecule is C/C=C\N=CCC.CCCCC. The van der Waals surface area contributed by atoms with Crippen molar-refractivity contribution >= 4 is 6.21 Å². The lowest BCUT2D eigenvalue weighted by molar-refractivity contribution is 0.772. The molecule has 0 saturated carbocycles. The van der Waals surface area contributed by atoms with E-state index in [0.717, 1.165) is 6.42 Å². The van der Waals surface area contributed by atoms with Crippen molar-refractivity contribution in [2.24, 2.45) is 4.99 Å². The van der Waals surface area contributed by atoms with Crippen molar-refractivity contribution in [3.63, 3.8) is 0 Å². The van der Waals surface area contributed by atoms with Gasteiger partial charge in [-0.3, -0.25) is 4.99 Å². The maximum absolute atomic E-state index is 3.90. The van der Waals surface area contributed by atoms with Crippen molar-refractivity contribution in [3.8, 4) is 0 Å². The Kier molecular flexibility index (Phi) is 19.5. The van der Waals surface area contributed by atoms with Crippen LogP contribution in [0.2, 0.25) is 0 Å². The van der Waals surface area contributed by atoms with E-state index in [2.05, 4.69) is 25.8 Å². The summed E-state index contributed by atoms with van der Waals surface area (Å²) >= 11 is 0. The van der Waals surface area contributed by atoms with Gasteiger partial charge in [-0.25, -0.2) is 0 Å². The molecule has 1 nitrogen and oxygen atoms in total. The van der Waals surface area contributed by atoms with Crippen molar-refractivity contribution in [2.45, 2.75) is 53.4 Å².